The Morgan fingerprint density at radius 1 is 0.929 bits per heavy atom. The zero-order valence-corrected chi connectivity index (χ0v) is 17.1. The molecule has 0 radical (unpaired) electrons. The molecule has 0 bridgehead atoms. The average molecular weight is 407 g/mol. The second-order valence-electron chi connectivity index (χ2n) is 6.75. The van der Waals surface area contributed by atoms with Crippen LogP contribution in [0.4, 0.5) is 11.4 Å². The fourth-order valence-corrected chi connectivity index (χ4v) is 3.65. The van der Waals surface area contributed by atoms with Crippen LogP contribution in [0.25, 0.3) is 22.4 Å². The van der Waals surface area contributed by atoms with Gasteiger partial charge in [-0.1, -0.05) is 29.8 Å². The third-order valence-corrected chi connectivity index (χ3v) is 4.88. The number of fused-ring (bicyclic) bond motifs is 1. The normalized spacial score (nSPS) is 10.8. The molecule has 28 heavy (non-hydrogen) atoms. The van der Waals surface area contributed by atoms with Crippen molar-refractivity contribution in [3.63, 3.8) is 0 Å². The second-order valence-corrected chi connectivity index (χ2v) is 7.57. The molecule has 1 heterocycles. The summed E-state index contributed by atoms with van der Waals surface area (Å²) in [4.78, 5) is 7.95. The zero-order chi connectivity index (χ0) is 19.7. The van der Waals surface area contributed by atoms with Crippen molar-refractivity contribution in [1.29, 1.82) is 0 Å². The van der Waals surface area contributed by atoms with E-state index in [-0.39, 0.29) is 0 Å². The van der Waals surface area contributed by atoms with E-state index in [9.17, 15) is 0 Å². The Morgan fingerprint density at radius 2 is 1.64 bits per heavy atom. The Hall–Kier alpha value is -2.89. The number of hydrogen-bond acceptors (Lipinski definition) is 2. The first-order chi connectivity index (χ1) is 13.5. The number of H-pyrrole nitrogens is 1. The molecular formula is C22H19ClN4S. The first-order valence-electron chi connectivity index (χ1n) is 8.89. The molecule has 140 valence electrons. The van der Waals surface area contributed by atoms with Gasteiger partial charge in [-0.25, -0.2) is 4.98 Å². The van der Waals surface area contributed by atoms with Gasteiger partial charge in [-0.2, -0.15) is 0 Å². The van der Waals surface area contributed by atoms with Gasteiger partial charge in [-0.15, -0.1) is 0 Å². The van der Waals surface area contributed by atoms with Gasteiger partial charge >= 0.3 is 0 Å². The van der Waals surface area contributed by atoms with Gasteiger partial charge in [0.15, 0.2) is 5.11 Å². The summed E-state index contributed by atoms with van der Waals surface area (Å²) >= 11 is 11.9. The number of hydrogen-bond donors (Lipinski definition) is 3. The monoisotopic (exact) mass is 406 g/mol. The highest BCUT2D eigenvalue weighted by Crippen LogP contribution is 2.30. The number of imidazole rings is 1. The number of para-hydroxylation sites is 2. The molecule has 0 aliphatic heterocycles. The van der Waals surface area contributed by atoms with Crippen LogP contribution in [0.3, 0.4) is 0 Å². The molecule has 0 fully saturated rings. The molecule has 0 atom stereocenters. The number of aromatic amines is 1. The molecule has 0 amide bonds. The molecule has 3 aromatic carbocycles. The highest BCUT2D eigenvalue weighted by molar-refractivity contribution is 7.80. The van der Waals surface area contributed by atoms with Crippen LogP contribution < -0.4 is 10.6 Å². The minimum atomic E-state index is 0.517. The Kier molecular flexibility index (Phi) is 5.03. The summed E-state index contributed by atoms with van der Waals surface area (Å²) in [5, 5.41) is 7.59. The number of benzene rings is 3. The summed E-state index contributed by atoms with van der Waals surface area (Å²) < 4.78 is 0. The predicted molar refractivity (Wildman–Crippen MR) is 122 cm³/mol. The first-order valence-corrected chi connectivity index (χ1v) is 9.67. The molecule has 0 aliphatic carbocycles. The van der Waals surface area contributed by atoms with Crippen LogP contribution in [-0.2, 0) is 0 Å². The van der Waals surface area contributed by atoms with Crippen LogP contribution >= 0.6 is 23.8 Å². The largest absolute Gasteiger partial charge is 0.338 e. The van der Waals surface area contributed by atoms with E-state index in [2.05, 4.69) is 52.6 Å². The minimum absolute atomic E-state index is 0.517. The molecule has 0 aliphatic rings. The molecule has 3 N–H and O–H groups in total. The summed E-state index contributed by atoms with van der Waals surface area (Å²) in [5.74, 6) is 0.725. The summed E-state index contributed by atoms with van der Waals surface area (Å²) in [6, 6.07) is 19.8. The van der Waals surface area contributed by atoms with Gasteiger partial charge in [0.1, 0.15) is 5.82 Å². The van der Waals surface area contributed by atoms with E-state index in [0.29, 0.717) is 10.1 Å². The Labute approximate surface area is 174 Å². The summed E-state index contributed by atoms with van der Waals surface area (Å²) in [6.07, 6.45) is 0. The summed E-state index contributed by atoms with van der Waals surface area (Å²) in [7, 11) is 0. The van der Waals surface area contributed by atoms with Crippen molar-refractivity contribution in [2.45, 2.75) is 13.8 Å². The maximum atomic E-state index is 6.42. The average Bonchev–Trinajstić information content (AvgIpc) is 3.06. The fraction of sp³-hybridized carbons (Fsp3) is 0.0909. The topological polar surface area (TPSA) is 52.7 Å². The number of thiocarbonyl (C=S) groups is 1. The lowest BCUT2D eigenvalue weighted by molar-refractivity contribution is 1.34. The van der Waals surface area contributed by atoms with Crippen LogP contribution in [0, 0.1) is 13.8 Å². The molecule has 0 saturated heterocycles. The van der Waals surface area contributed by atoms with Crippen LogP contribution in [-0.4, -0.2) is 15.1 Å². The van der Waals surface area contributed by atoms with Crippen LogP contribution in [0.5, 0.6) is 0 Å². The number of aryl methyl sites for hydroxylation is 2. The van der Waals surface area contributed by atoms with Crippen molar-refractivity contribution in [3.05, 3.63) is 76.8 Å². The molecule has 4 rings (SSSR count). The lowest BCUT2D eigenvalue weighted by Gasteiger charge is -2.13. The predicted octanol–water partition coefficient (Wildman–Crippen LogP) is 6.31. The smallest absolute Gasteiger partial charge is 0.175 e. The van der Waals surface area contributed by atoms with Crippen LogP contribution in [0.1, 0.15) is 11.1 Å². The number of rotatable bonds is 3. The molecule has 4 nitrogen and oxygen atoms in total. The molecule has 6 heteroatoms. The SMILES string of the molecule is Cc1cc(C)cc(NC(=S)Nc2ccc(Cl)c(-c3nc4ccccc4[nH]3)c2)c1. The Bertz CT molecular complexity index is 1130. The molecule has 0 spiro atoms. The van der Waals surface area contributed by atoms with E-state index < -0.39 is 0 Å². The van der Waals surface area contributed by atoms with Crippen molar-refractivity contribution in [2.75, 3.05) is 10.6 Å². The van der Waals surface area contributed by atoms with Gasteiger partial charge in [0.2, 0.25) is 0 Å². The lowest BCUT2D eigenvalue weighted by atomic mass is 10.1. The third-order valence-electron chi connectivity index (χ3n) is 4.35. The lowest BCUT2D eigenvalue weighted by Crippen LogP contribution is -2.19. The maximum absolute atomic E-state index is 6.42. The summed E-state index contributed by atoms with van der Waals surface area (Å²) in [5.41, 5.74) is 6.85. The molecule has 1 aromatic heterocycles. The van der Waals surface area contributed by atoms with Gasteiger partial charge in [0.05, 0.1) is 16.1 Å². The highest BCUT2D eigenvalue weighted by Gasteiger charge is 2.11. The molecule has 0 saturated carbocycles. The number of nitrogens with zero attached hydrogens (tertiary/aromatic N) is 1. The van der Waals surface area contributed by atoms with Crippen molar-refractivity contribution in [1.82, 2.24) is 9.97 Å². The quantitative estimate of drug-likeness (QED) is 0.349. The van der Waals surface area contributed by atoms with Crippen molar-refractivity contribution < 1.29 is 0 Å². The second kappa shape index (κ2) is 7.62. The molecule has 4 aromatic rings. The van der Waals surface area contributed by atoms with Crippen molar-refractivity contribution >= 4 is 51.3 Å². The van der Waals surface area contributed by atoms with Crippen LogP contribution in [0.2, 0.25) is 5.02 Å². The fourth-order valence-electron chi connectivity index (χ4n) is 3.21. The standard InChI is InChI=1S/C22H19ClN4S/c1-13-9-14(2)11-16(10-13)25-22(28)24-15-7-8-18(23)17(12-15)21-26-19-5-3-4-6-20(19)27-21/h3-12H,1-2H3,(H,26,27)(H2,24,25,28). The number of aromatic nitrogens is 2. The van der Waals surface area contributed by atoms with E-state index in [0.717, 1.165) is 33.8 Å². The van der Waals surface area contributed by atoms with Gasteiger partial charge in [0, 0.05) is 16.9 Å². The van der Waals surface area contributed by atoms with Crippen molar-refractivity contribution in [3.8, 4) is 11.4 Å². The van der Waals surface area contributed by atoms with E-state index in [1.165, 1.54) is 11.1 Å². The van der Waals surface area contributed by atoms with Gasteiger partial charge in [-0.05, 0) is 79.7 Å². The van der Waals surface area contributed by atoms with Gasteiger partial charge < -0.3 is 15.6 Å². The first kappa shape index (κ1) is 18.5. The third kappa shape index (κ3) is 4.01. The number of anilines is 2. The van der Waals surface area contributed by atoms with Gasteiger partial charge in [-0.3, -0.25) is 0 Å². The zero-order valence-electron chi connectivity index (χ0n) is 15.5. The number of halogens is 1. The highest BCUT2D eigenvalue weighted by atomic mass is 35.5. The van der Waals surface area contributed by atoms with Crippen LogP contribution in [0.15, 0.2) is 60.7 Å². The van der Waals surface area contributed by atoms with E-state index in [1.807, 2.05) is 42.5 Å². The van der Waals surface area contributed by atoms with E-state index in [1.54, 1.807) is 0 Å². The van der Waals surface area contributed by atoms with Gasteiger partial charge in [0.25, 0.3) is 0 Å². The van der Waals surface area contributed by atoms with E-state index >= 15 is 0 Å². The van der Waals surface area contributed by atoms with Crippen molar-refractivity contribution in [2.24, 2.45) is 0 Å². The van der Waals surface area contributed by atoms with E-state index in [4.69, 9.17) is 23.8 Å². The molecular weight excluding hydrogens is 388 g/mol. The Morgan fingerprint density at radius 3 is 2.39 bits per heavy atom. The maximum Gasteiger partial charge on any atom is 0.175 e. The number of nitrogens with one attached hydrogen (secondary N) is 3. The Balaban J connectivity index is 1.57. The molecule has 0 unspecified atom stereocenters. The minimum Gasteiger partial charge on any atom is -0.338 e. The summed E-state index contributed by atoms with van der Waals surface area (Å²) in [6.45, 7) is 4.13.